The number of halogens is 1. The zero-order valence-corrected chi connectivity index (χ0v) is 17.4. The fourth-order valence-corrected chi connectivity index (χ4v) is 3.09. The van der Waals surface area contributed by atoms with E-state index >= 15 is 0 Å². The minimum Gasteiger partial charge on any atom is -0.495 e. The van der Waals surface area contributed by atoms with Crippen LogP contribution in [-0.2, 0) is 20.7 Å². The number of methoxy groups -OCH3 is 1. The summed E-state index contributed by atoms with van der Waals surface area (Å²) in [6, 6.07) is 9.08. The van der Waals surface area contributed by atoms with Crippen LogP contribution in [0, 0.1) is 13.8 Å². The van der Waals surface area contributed by atoms with E-state index in [1.54, 1.807) is 12.1 Å². The van der Waals surface area contributed by atoms with Crippen LogP contribution in [0.15, 0.2) is 41.0 Å². The minimum absolute atomic E-state index is 0.0110. The Hall–Kier alpha value is -2.99. The van der Waals surface area contributed by atoms with Crippen molar-refractivity contribution in [1.82, 2.24) is 0 Å². The standard InChI is InChI=1S/C22H22ClNO5/c1-12-5-6-16-15(11-28-19(16)7-12)9-21(25)29-14(3)22(26)24-18-8-13(2)17(23)10-20(18)27-4/h5-8,10-11,14H,9H2,1-4H3,(H,24,26)/t14-/m0/s1. The molecule has 0 fully saturated rings. The maximum absolute atomic E-state index is 12.5. The first kappa shape index (κ1) is 20.7. The molecule has 0 spiro atoms. The van der Waals surface area contributed by atoms with Crippen molar-refractivity contribution in [3.05, 3.63) is 58.3 Å². The van der Waals surface area contributed by atoms with E-state index < -0.39 is 18.0 Å². The smallest absolute Gasteiger partial charge is 0.311 e. The van der Waals surface area contributed by atoms with Crippen LogP contribution in [0.4, 0.5) is 5.69 Å². The van der Waals surface area contributed by atoms with Crippen molar-refractivity contribution in [2.24, 2.45) is 0 Å². The molecule has 0 radical (unpaired) electrons. The van der Waals surface area contributed by atoms with Gasteiger partial charge in [0.15, 0.2) is 6.10 Å². The first-order chi connectivity index (χ1) is 13.8. The highest BCUT2D eigenvalue weighted by molar-refractivity contribution is 6.31. The first-order valence-electron chi connectivity index (χ1n) is 9.09. The minimum atomic E-state index is -0.983. The zero-order valence-electron chi connectivity index (χ0n) is 16.7. The lowest BCUT2D eigenvalue weighted by molar-refractivity contribution is -0.152. The van der Waals surface area contributed by atoms with Crippen molar-refractivity contribution in [2.45, 2.75) is 33.3 Å². The van der Waals surface area contributed by atoms with Gasteiger partial charge < -0.3 is 19.2 Å². The molecule has 6 nitrogen and oxygen atoms in total. The summed E-state index contributed by atoms with van der Waals surface area (Å²) in [7, 11) is 1.48. The molecule has 1 amide bonds. The zero-order chi connectivity index (χ0) is 21.1. The number of ether oxygens (including phenoxy) is 2. The highest BCUT2D eigenvalue weighted by Crippen LogP contribution is 2.31. The molecule has 7 heteroatoms. The molecule has 0 aliphatic rings. The van der Waals surface area contributed by atoms with E-state index in [-0.39, 0.29) is 6.42 Å². The quantitative estimate of drug-likeness (QED) is 0.584. The first-order valence-corrected chi connectivity index (χ1v) is 9.47. The maximum Gasteiger partial charge on any atom is 0.311 e. The van der Waals surface area contributed by atoms with Gasteiger partial charge in [-0.25, -0.2) is 0 Å². The number of carbonyl (C=O) groups excluding carboxylic acids is 2. The number of nitrogens with one attached hydrogen (secondary N) is 1. The second-order valence-corrected chi connectivity index (χ2v) is 7.27. The number of fused-ring (bicyclic) bond motifs is 1. The molecule has 1 atom stereocenters. The molecule has 0 saturated carbocycles. The lowest BCUT2D eigenvalue weighted by Gasteiger charge is -2.16. The van der Waals surface area contributed by atoms with E-state index in [9.17, 15) is 9.59 Å². The topological polar surface area (TPSA) is 77.8 Å². The van der Waals surface area contributed by atoms with Crippen LogP contribution in [0.1, 0.15) is 23.6 Å². The molecule has 3 rings (SSSR count). The van der Waals surface area contributed by atoms with Gasteiger partial charge in [0.05, 0.1) is 25.5 Å². The summed E-state index contributed by atoms with van der Waals surface area (Å²) in [5, 5.41) is 4.09. The molecule has 1 aromatic heterocycles. The van der Waals surface area contributed by atoms with E-state index in [0.29, 0.717) is 27.6 Å². The monoisotopic (exact) mass is 415 g/mol. The van der Waals surface area contributed by atoms with E-state index in [1.807, 2.05) is 32.0 Å². The average Bonchev–Trinajstić information content (AvgIpc) is 3.05. The van der Waals surface area contributed by atoms with Crippen LogP contribution in [0.3, 0.4) is 0 Å². The van der Waals surface area contributed by atoms with Crippen molar-refractivity contribution in [3.63, 3.8) is 0 Å². The van der Waals surface area contributed by atoms with Crippen LogP contribution in [0.25, 0.3) is 11.0 Å². The number of aryl methyl sites for hydroxylation is 2. The van der Waals surface area contributed by atoms with Crippen molar-refractivity contribution in [1.29, 1.82) is 0 Å². The van der Waals surface area contributed by atoms with Gasteiger partial charge in [-0.1, -0.05) is 23.7 Å². The molecule has 0 saturated heterocycles. The number of hydrogen-bond donors (Lipinski definition) is 1. The Bertz CT molecular complexity index is 1070. The summed E-state index contributed by atoms with van der Waals surface area (Å²) < 4.78 is 16.0. The van der Waals surface area contributed by atoms with Gasteiger partial charge in [-0.3, -0.25) is 9.59 Å². The predicted octanol–water partition coefficient (Wildman–Crippen LogP) is 4.82. The van der Waals surface area contributed by atoms with E-state index in [0.717, 1.165) is 16.5 Å². The van der Waals surface area contributed by atoms with Gasteiger partial charge >= 0.3 is 5.97 Å². The fraction of sp³-hybridized carbons (Fsp3) is 0.273. The van der Waals surface area contributed by atoms with Gasteiger partial charge in [-0.2, -0.15) is 0 Å². The van der Waals surface area contributed by atoms with Gasteiger partial charge in [0.1, 0.15) is 11.3 Å². The van der Waals surface area contributed by atoms with E-state index in [1.165, 1.54) is 20.3 Å². The second kappa shape index (κ2) is 8.57. The molecular weight excluding hydrogens is 394 g/mol. The van der Waals surface area contributed by atoms with Crippen LogP contribution in [0.2, 0.25) is 5.02 Å². The predicted molar refractivity (Wildman–Crippen MR) is 112 cm³/mol. The summed E-state index contributed by atoms with van der Waals surface area (Å²) in [6.07, 6.45) is 0.567. The molecule has 0 aliphatic heterocycles. The lowest BCUT2D eigenvalue weighted by Crippen LogP contribution is -2.30. The number of furan rings is 1. The van der Waals surface area contributed by atoms with E-state index in [2.05, 4.69) is 5.32 Å². The third-order valence-electron chi connectivity index (χ3n) is 4.56. The maximum atomic E-state index is 12.5. The number of rotatable bonds is 6. The third-order valence-corrected chi connectivity index (χ3v) is 4.97. The van der Waals surface area contributed by atoms with Crippen molar-refractivity contribution >= 4 is 40.1 Å². The number of benzene rings is 2. The van der Waals surface area contributed by atoms with Gasteiger partial charge in [-0.05, 0) is 44.0 Å². The largest absolute Gasteiger partial charge is 0.495 e. The normalized spacial score (nSPS) is 11.9. The Morgan fingerprint density at radius 3 is 2.69 bits per heavy atom. The van der Waals surface area contributed by atoms with Gasteiger partial charge in [0, 0.05) is 22.0 Å². The average molecular weight is 416 g/mol. The molecule has 1 heterocycles. The molecule has 0 aliphatic carbocycles. The molecule has 1 N–H and O–H groups in total. The summed E-state index contributed by atoms with van der Waals surface area (Å²) in [6.45, 7) is 5.30. The van der Waals surface area contributed by atoms with Gasteiger partial charge in [0.25, 0.3) is 5.91 Å². The molecule has 3 aromatic rings. The third kappa shape index (κ3) is 4.71. The summed E-state index contributed by atoms with van der Waals surface area (Å²) in [5.41, 5.74) is 3.74. The Kier molecular flexibility index (Phi) is 6.13. The highest BCUT2D eigenvalue weighted by atomic mass is 35.5. The Morgan fingerprint density at radius 1 is 1.21 bits per heavy atom. The molecule has 152 valence electrons. The van der Waals surface area contributed by atoms with Crippen LogP contribution >= 0.6 is 11.6 Å². The molecule has 29 heavy (non-hydrogen) atoms. The molecule has 0 bridgehead atoms. The number of carbonyl (C=O) groups is 2. The van der Waals surface area contributed by atoms with Crippen LogP contribution in [0.5, 0.6) is 5.75 Å². The summed E-state index contributed by atoms with van der Waals surface area (Å²) in [5.74, 6) is -0.561. The van der Waals surface area contributed by atoms with Crippen molar-refractivity contribution in [3.8, 4) is 5.75 Å². The van der Waals surface area contributed by atoms with Crippen LogP contribution in [-0.4, -0.2) is 25.1 Å². The SMILES string of the molecule is COc1cc(Cl)c(C)cc1NC(=O)[C@H](C)OC(=O)Cc1coc2cc(C)ccc12. The van der Waals surface area contributed by atoms with Crippen molar-refractivity contribution in [2.75, 3.05) is 12.4 Å². The summed E-state index contributed by atoms with van der Waals surface area (Å²) >= 11 is 6.08. The number of esters is 1. The van der Waals surface area contributed by atoms with Crippen molar-refractivity contribution < 1.29 is 23.5 Å². The van der Waals surface area contributed by atoms with Gasteiger partial charge in [0.2, 0.25) is 0 Å². The molecular formula is C22H22ClNO5. The van der Waals surface area contributed by atoms with Gasteiger partial charge in [-0.15, -0.1) is 0 Å². The number of anilines is 1. The number of amides is 1. The number of hydrogen-bond acceptors (Lipinski definition) is 5. The van der Waals surface area contributed by atoms with Crippen LogP contribution < -0.4 is 10.1 Å². The summed E-state index contributed by atoms with van der Waals surface area (Å²) in [4.78, 5) is 24.8. The Morgan fingerprint density at radius 2 is 1.97 bits per heavy atom. The second-order valence-electron chi connectivity index (χ2n) is 6.86. The molecule has 0 unspecified atom stereocenters. The Balaban J connectivity index is 1.65. The lowest BCUT2D eigenvalue weighted by atomic mass is 10.1. The van der Waals surface area contributed by atoms with E-state index in [4.69, 9.17) is 25.5 Å². The molecule has 2 aromatic carbocycles. The Labute approximate surface area is 173 Å². The highest BCUT2D eigenvalue weighted by Gasteiger charge is 2.21. The fourth-order valence-electron chi connectivity index (χ4n) is 2.94.